The molecule has 0 heterocycles. The van der Waals surface area contributed by atoms with Gasteiger partial charge in [0, 0.05) is 6.04 Å². The van der Waals surface area contributed by atoms with Crippen molar-refractivity contribution in [2.24, 2.45) is 0 Å². The summed E-state index contributed by atoms with van der Waals surface area (Å²) in [6.45, 7) is -0.928. The number of benzene rings is 1. The van der Waals surface area contributed by atoms with Crippen molar-refractivity contribution in [3.05, 3.63) is 29.8 Å². The maximum Gasteiger partial charge on any atom is 0.329 e. The predicted molar refractivity (Wildman–Crippen MR) is 74.0 cm³/mol. The molecule has 0 spiro atoms. The Balaban J connectivity index is 1.93. The molecule has 112 valence electrons. The van der Waals surface area contributed by atoms with E-state index in [1.54, 1.807) is 24.3 Å². The Labute approximate surface area is 121 Å². The molecule has 0 bridgehead atoms. The van der Waals surface area contributed by atoms with Gasteiger partial charge >= 0.3 is 5.97 Å². The van der Waals surface area contributed by atoms with Crippen LogP contribution in [0.2, 0.25) is 0 Å². The topological polar surface area (TPSA) is 105 Å². The Morgan fingerprint density at radius 1 is 1.19 bits per heavy atom. The van der Waals surface area contributed by atoms with Gasteiger partial charge in [0.2, 0.25) is 5.91 Å². The number of amides is 2. The van der Waals surface area contributed by atoms with Crippen LogP contribution in [0.25, 0.3) is 0 Å². The summed E-state index contributed by atoms with van der Waals surface area (Å²) in [6.07, 6.45) is 1.95. The van der Waals surface area contributed by atoms with Gasteiger partial charge in [-0.05, 0) is 25.0 Å². The molecule has 7 nitrogen and oxygen atoms in total. The smallest absolute Gasteiger partial charge is 0.329 e. The molecular weight excluding hydrogens is 276 g/mol. The Hall–Kier alpha value is -2.41. The summed E-state index contributed by atoms with van der Waals surface area (Å²) in [5, 5.41) is 13.8. The van der Waals surface area contributed by atoms with Gasteiger partial charge in [-0.25, -0.2) is 4.79 Å². The number of carboxylic acid groups (broad SMARTS) is 1. The fraction of sp³-hybridized carbons (Fsp3) is 0.357. The average Bonchev–Trinajstić information content (AvgIpc) is 3.22. The Kier molecular flexibility index (Phi) is 4.89. The van der Waals surface area contributed by atoms with E-state index in [0.717, 1.165) is 12.8 Å². The summed E-state index contributed by atoms with van der Waals surface area (Å²) in [5.41, 5.74) is 0.746. The molecule has 0 saturated heterocycles. The number of carbonyl (C=O) groups is 3. The van der Waals surface area contributed by atoms with Gasteiger partial charge in [0.05, 0.1) is 11.3 Å². The van der Waals surface area contributed by atoms with Crippen molar-refractivity contribution in [3.8, 4) is 0 Å². The molecule has 2 amide bonds. The fourth-order valence-electron chi connectivity index (χ4n) is 1.70. The third-order valence-corrected chi connectivity index (χ3v) is 2.82. The lowest BCUT2D eigenvalue weighted by Gasteiger charge is -2.11. The number of hydrogen-bond acceptors (Lipinski definition) is 4. The number of aliphatic carboxylic acids is 1. The zero-order valence-electron chi connectivity index (χ0n) is 11.3. The molecule has 1 aliphatic rings. The van der Waals surface area contributed by atoms with E-state index in [-0.39, 0.29) is 18.6 Å². The molecule has 0 aliphatic heterocycles. The van der Waals surface area contributed by atoms with Crippen LogP contribution in [0.1, 0.15) is 23.2 Å². The fourth-order valence-corrected chi connectivity index (χ4v) is 1.70. The first-order valence-corrected chi connectivity index (χ1v) is 6.55. The quantitative estimate of drug-likeness (QED) is 0.683. The third-order valence-electron chi connectivity index (χ3n) is 2.82. The number of rotatable bonds is 7. The van der Waals surface area contributed by atoms with Gasteiger partial charge in [-0.1, -0.05) is 12.1 Å². The van der Waals surface area contributed by atoms with E-state index in [1.165, 1.54) is 0 Å². The van der Waals surface area contributed by atoms with E-state index >= 15 is 0 Å². The first-order chi connectivity index (χ1) is 10.1. The Bertz CT molecular complexity index is 554. The first-order valence-electron chi connectivity index (χ1n) is 6.55. The largest absolute Gasteiger partial charge is 0.480 e. The van der Waals surface area contributed by atoms with Gasteiger partial charge < -0.3 is 20.5 Å². The molecule has 2 rings (SSSR count). The number of para-hydroxylation sites is 1. The number of nitrogens with one attached hydrogen (secondary N) is 2. The second kappa shape index (κ2) is 6.85. The Morgan fingerprint density at radius 3 is 2.57 bits per heavy atom. The molecule has 1 saturated carbocycles. The highest BCUT2D eigenvalue weighted by Gasteiger charge is 2.24. The molecule has 1 aromatic carbocycles. The number of anilines is 1. The molecule has 1 aliphatic carbocycles. The van der Waals surface area contributed by atoms with Crippen molar-refractivity contribution in [1.29, 1.82) is 0 Å². The highest BCUT2D eigenvalue weighted by Crippen LogP contribution is 2.21. The summed E-state index contributed by atoms with van der Waals surface area (Å²) in [7, 11) is 0. The maximum absolute atomic E-state index is 12.0. The number of hydrogen-bond donors (Lipinski definition) is 3. The van der Waals surface area contributed by atoms with E-state index in [1.807, 2.05) is 0 Å². The van der Waals surface area contributed by atoms with E-state index in [2.05, 4.69) is 10.6 Å². The molecule has 0 atom stereocenters. The van der Waals surface area contributed by atoms with E-state index in [4.69, 9.17) is 9.84 Å². The van der Waals surface area contributed by atoms with Crippen molar-refractivity contribution < 1.29 is 24.2 Å². The molecule has 0 radical (unpaired) electrons. The Morgan fingerprint density at radius 2 is 1.90 bits per heavy atom. The maximum atomic E-state index is 12.0. The summed E-state index contributed by atoms with van der Waals surface area (Å²) in [5.74, 6) is -1.89. The van der Waals surface area contributed by atoms with Crippen molar-refractivity contribution >= 4 is 23.5 Å². The number of carbonyl (C=O) groups excluding carboxylic acids is 2. The molecule has 7 heteroatoms. The molecule has 21 heavy (non-hydrogen) atoms. The van der Waals surface area contributed by atoms with Crippen molar-refractivity contribution in [1.82, 2.24) is 5.32 Å². The highest BCUT2D eigenvalue weighted by molar-refractivity contribution is 6.04. The van der Waals surface area contributed by atoms with E-state index < -0.39 is 18.5 Å². The summed E-state index contributed by atoms with van der Waals surface area (Å²) in [6, 6.07) is 6.85. The van der Waals surface area contributed by atoms with Crippen LogP contribution in [0.3, 0.4) is 0 Å². The van der Waals surface area contributed by atoms with Gasteiger partial charge in [0.15, 0.2) is 0 Å². The van der Waals surface area contributed by atoms with E-state index in [9.17, 15) is 14.4 Å². The zero-order valence-corrected chi connectivity index (χ0v) is 11.3. The first kappa shape index (κ1) is 15.0. The standard InChI is InChI=1S/C14H16N2O5/c17-12(7-21-8-13(18)19)16-11-4-2-1-3-10(11)14(20)15-9-5-6-9/h1-4,9H,5-8H2,(H,15,20)(H,16,17)(H,18,19). The van der Waals surface area contributed by atoms with Gasteiger partial charge in [-0.3, -0.25) is 9.59 Å². The minimum Gasteiger partial charge on any atom is -0.480 e. The molecule has 3 N–H and O–H groups in total. The van der Waals surface area contributed by atoms with Crippen LogP contribution in [0.15, 0.2) is 24.3 Å². The van der Waals surface area contributed by atoms with E-state index in [0.29, 0.717) is 11.3 Å². The number of ether oxygens (including phenoxy) is 1. The van der Waals surface area contributed by atoms with Crippen LogP contribution in [0.4, 0.5) is 5.69 Å². The molecule has 0 unspecified atom stereocenters. The van der Waals surface area contributed by atoms with Crippen LogP contribution in [-0.4, -0.2) is 42.1 Å². The lowest BCUT2D eigenvalue weighted by atomic mass is 10.1. The van der Waals surface area contributed by atoms with Gasteiger partial charge in [-0.2, -0.15) is 0 Å². The minimum absolute atomic E-state index is 0.222. The normalized spacial score (nSPS) is 13.5. The molecule has 1 fully saturated rings. The van der Waals surface area contributed by atoms with Crippen molar-refractivity contribution in [2.75, 3.05) is 18.5 Å². The van der Waals surface area contributed by atoms with Crippen molar-refractivity contribution in [3.63, 3.8) is 0 Å². The van der Waals surface area contributed by atoms with Crippen molar-refractivity contribution in [2.45, 2.75) is 18.9 Å². The molecule has 1 aromatic rings. The van der Waals surface area contributed by atoms with Crippen LogP contribution in [0.5, 0.6) is 0 Å². The summed E-state index contributed by atoms with van der Waals surface area (Å²) < 4.78 is 4.69. The van der Waals surface area contributed by atoms with Crippen LogP contribution < -0.4 is 10.6 Å². The second-order valence-corrected chi connectivity index (χ2v) is 4.73. The molecule has 0 aromatic heterocycles. The number of carboxylic acids is 1. The lowest BCUT2D eigenvalue weighted by molar-refractivity contribution is -0.143. The minimum atomic E-state index is -1.15. The SMILES string of the molecule is O=C(O)COCC(=O)Nc1ccccc1C(=O)NC1CC1. The third kappa shape index (κ3) is 4.88. The zero-order chi connectivity index (χ0) is 15.2. The summed E-state index contributed by atoms with van der Waals surface area (Å²) in [4.78, 5) is 34.0. The highest BCUT2D eigenvalue weighted by atomic mass is 16.5. The second-order valence-electron chi connectivity index (χ2n) is 4.73. The van der Waals surface area contributed by atoms with Crippen LogP contribution in [-0.2, 0) is 14.3 Å². The van der Waals surface area contributed by atoms with Gasteiger partial charge in [0.25, 0.3) is 5.91 Å². The van der Waals surface area contributed by atoms with Crippen LogP contribution >= 0.6 is 0 Å². The van der Waals surface area contributed by atoms with Gasteiger partial charge in [-0.15, -0.1) is 0 Å². The predicted octanol–water partition coefficient (Wildman–Crippen LogP) is 0.618. The van der Waals surface area contributed by atoms with Crippen LogP contribution in [0, 0.1) is 0 Å². The summed E-state index contributed by atoms with van der Waals surface area (Å²) >= 11 is 0. The lowest BCUT2D eigenvalue weighted by Crippen LogP contribution is -2.27. The molecular formula is C14H16N2O5. The average molecular weight is 292 g/mol. The monoisotopic (exact) mass is 292 g/mol. The van der Waals surface area contributed by atoms with Gasteiger partial charge in [0.1, 0.15) is 13.2 Å².